The van der Waals surface area contributed by atoms with E-state index in [1.54, 1.807) is 13.3 Å². The SMILES string of the molecule is COCC[S+]([O-])c1sc2nc(-c3cn[nH]c(=O)c3)cc(-c3ccccc3)c2c1N. The molecule has 0 aliphatic rings. The summed E-state index contributed by atoms with van der Waals surface area (Å²) in [5, 5.41) is 7.00. The number of fused-ring (bicyclic) bond motifs is 1. The fourth-order valence-corrected chi connectivity index (χ4v) is 5.59. The van der Waals surface area contributed by atoms with Gasteiger partial charge in [-0.15, -0.1) is 0 Å². The topological polar surface area (TPSA) is 117 Å². The van der Waals surface area contributed by atoms with Crippen molar-refractivity contribution in [2.75, 3.05) is 25.2 Å². The molecule has 7 nitrogen and oxygen atoms in total. The zero-order valence-corrected chi connectivity index (χ0v) is 17.2. The van der Waals surface area contributed by atoms with E-state index < -0.39 is 11.2 Å². The van der Waals surface area contributed by atoms with Gasteiger partial charge in [-0.25, -0.2) is 10.1 Å². The minimum Gasteiger partial charge on any atom is -0.611 e. The number of nitrogen functional groups attached to an aromatic ring is 1. The van der Waals surface area contributed by atoms with E-state index in [1.807, 2.05) is 36.4 Å². The highest BCUT2D eigenvalue weighted by atomic mass is 32.2. The zero-order chi connectivity index (χ0) is 20.4. The summed E-state index contributed by atoms with van der Waals surface area (Å²) in [6, 6.07) is 13.1. The smallest absolute Gasteiger partial charge is 0.264 e. The van der Waals surface area contributed by atoms with Crippen molar-refractivity contribution in [3.8, 4) is 22.4 Å². The molecule has 0 aliphatic heterocycles. The Morgan fingerprint density at radius 2 is 2.03 bits per heavy atom. The quantitative estimate of drug-likeness (QED) is 0.458. The lowest BCUT2D eigenvalue weighted by Crippen LogP contribution is -2.11. The number of benzene rings is 1. The minimum absolute atomic E-state index is 0.308. The maximum absolute atomic E-state index is 12.7. The zero-order valence-electron chi connectivity index (χ0n) is 15.5. The molecule has 4 rings (SSSR count). The Balaban J connectivity index is 1.96. The van der Waals surface area contributed by atoms with Crippen molar-refractivity contribution in [3.63, 3.8) is 0 Å². The van der Waals surface area contributed by atoms with Crippen LogP contribution >= 0.6 is 11.3 Å². The van der Waals surface area contributed by atoms with Crippen LogP contribution in [-0.4, -0.2) is 39.2 Å². The lowest BCUT2D eigenvalue weighted by molar-refractivity contribution is 0.217. The van der Waals surface area contributed by atoms with Gasteiger partial charge in [0.15, 0.2) is 0 Å². The van der Waals surface area contributed by atoms with Gasteiger partial charge in [-0.1, -0.05) is 41.7 Å². The predicted octanol–water partition coefficient (Wildman–Crippen LogP) is 3.05. The summed E-state index contributed by atoms with van der Waals surface area (Å²) in [6.07, 6.45) is 1.55. The molecule has 1 atom stereocenters. The number of hydrogen-bond donors (Lipinski definition) is 2. The summed E-state index contributed by atoms with van der Waals surface area (Å²) in [5.74, 6) is 0.360. The Labute approximate surface area is 173 Å². The number of methoxy groups -OCH3 is 1. The third kappa shape index (κ3) is 3.90. The van der Waals surface area contributed by atoms with Crippen molar-refractivity contribution in [3.05, 3.63) is 59.0 Å². The maximum atomic E-state index is 12.7. The van der Waals surface area contributed by atoms with Crippen LogP contribution in [0.4, 0.5) is 5.69 Å². The van der Waals surface area contributed by atoms with Crippen LogP contribution in [-0.2, 0) is 15.9 Å². The van der Waals surface area contributed by atoms with Gasteiger partial charge in [0.05, 0.1) is 18.5 Å². The molecule has 0 amide bonds. The predicted molar refractivity (Wildman–Crippen MR) is 116 cm³/mol. The van der Waals surface area contributed by atoms with Gasteiger partial charge in [-0.05, 0) is 17.2 Å². The summed E-state index contributed by atoms with van der Waals surface area (Å²) < 4.78 is 18.4. The standard InChI is InChI=1S/C20H18N4O3S2/c1-27-7-8-29(26)20-18(21)17-14(12-5-3-2-4-6-12)10-15(23-19(17)28-20)13-9-16(25)24-22-11-13/h2-6,9-11H,7-8,21H2,1H3,(H,24,25). The number of hydrogen-bond acceptors (Lipinski definition) is 7. The number of nitrogens with two attached hydrogens (primary N) is 1. The fraction of sp³-hybridized carbons (Fsp3) is 0.150. The molecule has 4 aromatic rings. The number of nitrogens with one attached hydrogen (secondary N) is 1. The van der Waals surface area contributed by atoms with E-state index in [-0.39, 0.29) is 5.56 Å². The molecule has 1 unspecified atom stereocenters. The van der Waals surface area contributed by atoms with E-state index in [0.717, 1.165) is 16.5 Å². The lowest BCUT2D eigenvalue weighted by Gasteiger charge is -2.09. The molecule has 0 radical (unpaired) electrons. The van der Waals surface area contributed by atoms with Gasteiger partial charge in [-0.2, -0.15) is 5.10 Å². The number of anilines is 1. The van der Waals surface area contributed by atoms with Gasteiger partial charge in [-0.3, -0.25) is 4.79 Å². The van der Waals surface area contributed by atoms with Crippen molar-refractivity contribution in [1.82, 2.24) is 15.2 Å². The Morgan fingerprint density at radius 3 is 2.76 bits per heavy atom. The second kappa shape index (κ2) is 8.34. The van der Waals surface area contributed by atoms with Crippen molar-refractivity contribution >= 4 is 38.4 Å². The van der Waals surface area contributed by atoms with Crippen LogP contribution in [0.5, 0.6) is 0 Å². The molecule has 0 saturated carbocycles. The molecule has 0 fully saturated rings. The van der Waals surface area contributed by atoms with E-state index in [0.29, 0.717) is 38.3 Å². The average Bonchev–Trinajstić information content (AvgIpc) is 3.08. The second-order valence-corrected chi connectivity index (χ2v) is 9.05. The Morgan fingerprint density at radius 1 is 1.24 bits per heavy atom. The second-order valence-electron chi connectivity index (χ2n) is 6.28. The number of ether oxygens (including phenoxy) is 1. The van der Waals surface area contributed by atoms with Crippen LogP contribution in [0.15, 0.2) is 57.7 Å². The van der Waals surface area contributed by atoms with Gasteiger partial charge in [0.25, 0.3) is 5.56 Å². The first-order chi connectivity index (χ1) is 14.1. The number of H-pyrrole nitrogens is 1. The number of aromatic amines is 1. The molecule has 29 heavy (non-hydrogen) atoms. The Bertz CT molecular complexity index is 1210. The monoisotopic (exact) mass is 426 g/mol. The first-order valence-corrected chi connectivity index (χ1v) is 10.9. The van der Waals surface area contributed by atoms with Crippen molar-refractivity contribution in [2.45, 2.75) is 4.21 Å². The number of thiophene rings is 1. The lowest BCUT2D eigenvalue weighted by atomic mass is 10.0. The molecule has 3 N–H and O–H groups in total. The molecule has 148 valence electrons. The summed E-state index contributed by atoms with van der Waals surface area (Å²) in [5.41, 5.74) is 9.63. The van der Waals surface area contributed by atoms with Crippen molar-refractivity contribution in [2.24, 2.45) is 0 Å². The summed E-state index contributed by atoms with van der Waals surface area (Å²) in [6.45, 7) is 0.378. The average molecular weight is 427 g/mol. The molecule has 3 aromatic heterocycles. The summed E-state index contributed by atoms with van der Waals surface area (Å²) in [7, 11) is 1.57. The molecule has 0 saturated heterocycles. The largest absolute Gasteiger partial charge is 0.611 e. The van der Waals surface area contributed by atoms with Gasteiger partial charge >= 0.3 is 0 Å². The molecular weight excluding hydrogens is 408 g/mol. The van der Waals surface area contributed by atoms with Gasteiger partial charge in [0.1, 0.15) is 16.3 Å². The number of rotatable bonds is 6. The first-order valence-electron chi connectivity index (χ1n) is 8.79. The molecule has 0 spiro atoms. The number of nitrogens with zero attached hydrogens (tertiary/aromatic N) is 2. The first kappa shape index (κ1) is 19.6. The molecule has 1 aromatic carbocycles. The third-order valence-electron chi connectivity index (χ3n) is 4.39. The van der Waals surface area contributed by atoms with Crippen LogP contribution in [0, 0.1) is 0 Å². The Kier molecular flexibility index (Phi) is 5.63. The highest BCUT2D eigenvalue weighted by Crippen LogP contribution is 2.43. The molecule has 0 aliphatic carbocycles. The van der Waals surface area contributed by atoms with E-state index in [4.69, 9.17) is 15.5 Å². The fourth-order valence-electron chi connectivity index (χ4n) is 3.03. The van der Waals surface area contributed by atoms with Gasteiger partial charge in [0.2, 0.25) is 4.21 Å². The maximum Gasteiger partial charge on any atom is 0.264 e. The van der Waals surface area contributed by atoms with Crippen LogP contribution in [0.3, 0.4) is 0 Å². The van der Waals surface area contributed by atoms with Crippen molar-refractivity contribution in [1.29, 1.82) is 0 Å². The van der Waals surface area contributed by atoms with E-state index in [1.165, 1.54) is 17.4 Å². The van der Waals surface area contributed by atoms with Gasteiger partial charge < -0.3 is 15.0 Å². The third-order valence-corrected chi connectivity index (χ3v) is 7.26. The molecule has 3 heterocycles. The van der Waals surface area contributed by atoms with E-state index in [2.05, 4.69) is 10.2 Å². The minimum atomic E-state index is -1.29. The van der Waals surface area contributed by atoms with Crippen LogP contribution < -0.4 is 11.3 Å². The number of pyridine rings is 1. The van der Waals surface area contributed by atoms with E-state index >= 15 is 0 Å². The Hall–Kier alpha value is -2.72. The van der Waals surface area contributed by atoms with Crippen LogP contribution in [0.2, 0.25) is 0 Å². The summed E-state index contributed by atoms with van der Waals surface area (Å²) >= 11 is 0.0204. The molecule has 0 bridgehead atoms. The van der Waals surface area contributed by atoms with Crippen LogP contribution in [0.1, 0.15) is 0 Å². The molecular formula is C20H18N4O3S2. The normalized spacial score (nSPS) is 12.3. The summed E-state index contributed by atoms with van der Waals surface area (Å²) in [4.78, 5) is 17.1. The number of aromatic nitrogens is 3. The highest BCUT2D eigenvalue weighted by Gasteiger charge is 2.24. The van der Waals surface area contributed by atoms with Crippen molar-refractivity contribution < 1.29 is 9.29 Å². The van der Waals surface area contributed by atoms with E-state index in [9.17, 15) is 9.35 Å². The highest BCUT2D eigenvalue weighted by molar-refractivity contribution is 7.93. The van der Waals surface area contributed by atoms with Crippen LogP contribution in [0.25, 0.3) is 32.6 Å². The molecule has 9 heteroatoms. The van der Waals surface area contributed by atoms with Gasteiger partial charge in [0, 0.05) is 35.3 Å².